The van der Waals surface area contributed by atoms with Crippen LogP contribution in [0.4, 0.5) is 4.39 Å². The molecule has 0 bridgehead atoms. The molecule has 2 rings (SSSR count). The molecule has 0 radical (unpaired) electrons. The van der Waals surface area contributed by atoms with E-state index in [2.05, 4.69) is 4.74 Å². The lowest BCUT2D eigenvalue weighted by molar-refractivity contribution is -0.154. The minimum Gasteiger partial charge on any atom is -0.460 e. The number of ketones is 2. The van der Waals surface area contributed by atoms with Gasteiger partial charge in [0.25, 0.3) is 5.78 Å². The minimum atomic E-state index is -1.13. The molecule has 1 atom stereocenters. The number of esters is 1. The Kier molecular flexibility index (Phi) is 4.45. The SMILES string of the molecule is CCOC(=O)C(=O)C1CSc2c(ccc(Cl)c2F)C1=O. The fourth-order valence-electron chi connectivity index (χ4n) is 1.84. The third kappa shape index (κ3) is 2.58. The van der Waals surface area contributed by atoms with E-state index >= 15 is 0 Å². The van der Waals surface area contributed by atoms with Crippen LogP contribution in [0.2, 0.25) is 5.02 Å². The van der Waals surface area contributed by atoms with Crippen LogP contribution in [0.15, 0.2) is 17.0 Å². The van der Waals surface area contributed by atoms with Crippen molar-refractivity contribution in [3.8, 4) is 0 Å². The summed E-state index contributed by atoms with van der Waals surface area (Å²) in [5.41, 5.74) is 0.0748. The Labute approximate surface area is 123 Å². The molecule has 20 heavy (non-hydrogen) atoms. The Morgan fingerprint density at radius 3 is 2.85 bits per heavy atom. The molecule has 0 fully saturated rings. The number of carbonyl (C=O) groups is 3. The predicted octanol–water partition coefficient (Wildman–Crippen LogP) is 2.52. The molecule has 0 N–H and O–H groups in total. The lowest BCUT2D eigenvalue weighted by atomic mass is 9.94. The van der Waals surface area contributed by atoms with E-state index in [4.69, 9.17) is 11.6 Å². The molecule has 1 heterocycles. The predicted molar refractivity (Wildman–Crippen MR) is 71.6 cm³/mol. The van der Waals surface area contributed by atoms with E-state index in [9.17, 15) is 18.8 Å². The van der Waals surface area contributed by atoms with Crippen LogP contribution in [-0.2, 0) is 14.3 Å². The number of rotatable bonds is 3. The van der Waals surface area contributed by atoms with Gasteiger partial charge in [0.15, 0.2) is 11.6 Å². The average Bonchev–Trinajstić information content (AvgIpc) is 2.43. The summed E-state index contributed by atoms with van der Waals surface area (Å²) in [5, 5.41) is -0.0841. The second kappa shape index (κ2) is 5.93. The van der Waals surface area contributed by atoms with Crippen LogP contribution in [0.1, 0.15) is 17.3 Å². The zero-order chi connectivity index (χ0) is 14.9. The van der Waals surface area contributed by atoms with Crippen LogP contribution in [0.5, 0.6) is 0 Å². The van der Waals surface area contributed by atoms with Gasteiger partial charge in [-0.05, 0) is 19.1 Å². The molecule has 1 unspecified atom stereocenters. The first kappa shape index (κ1) is 15.0. The number of halogens is 2. The Morgan fingerprint density at radius 1 is 1.50 bits per heavy atom. The number of benzene rings is 1. The largest absolute Gasteiger partial charge is 0.460 e. The lowest BCUT2D eigenvalue weighted by Crippen LogP contribution is -2.35. The van der Waals surface area contributed by atoms with Gasteiger partial charge >= 0.3 is 5.97 Å². The van der Waals surface area contributed by atoms with Gasteiger partial charge in [-0.1, -0.05) is 11.6 Å². The molecule has 1 aromatic carbocycles. The highest BCUT2D eigenvalue weighted by Gasteiger charge is 2.38. The molecule has 4 nitrogen and oxygen atoms in total. The van der Waals surface area contributed by atoms with Crippen LogP contribution >= 0.6 is 23.4 Å². The minimum absolute atomic E-state index is 0.000737. The highest BCUT2D eigenvalue weighted by Crippen LogP contribution is 2.37. The second-order valence-electron chi connectivity index (χ2n) is 4.05. The summed E-state index contributed by atoms with van der Waals surface area (Å²) in [5.74, 6) is -4.32. The standard InChI is InChI=1S/C13H10ClFO4S/c1-2-19-13(18)11(17)7-5-20-12-6(10(7)16)3-4-8(14)9(12)15/h3-4,7H,2,5H2,1H3. The van der Waals surface area contributed by atoms with Gasteiger partial charge in [-0.2, -0.15) is 0 Å². The van der Waals surface area contributed by atoms with E-state index in [1.165, 1.54) is 12.1 Å². The molecular formula is C13H10ClFO4S. The number of carbonyl (C=O) groups excluding carboxylic acids is 3. The topological polar surface area (TPSA) is 60.4 Å². The van der Waals surface area contributed by atoms with Gasteiger partial charge < -0.3 is 4.74 Å². The van der Waals surface area contributed by atoms with E-state index < -0.39 is 29.3 Å². The second-order valence-corrected chi connectivity index (χ2v) is 5.49. The highest BCUT2D eigenvalue weighted by molar-refractivity contribution is 7.99. The Morgan fingerprint density at radius 2 is 2.20 bits per heavy atom. The zero-order valence-corrected chi connectivity index (χ0v) is 12.0. The smallest absolute Gasteiger partial charge is 0.375 e. The summed E-state index contributed by atoms with van der Waals surface area (Å²) in [6.45, 7) is 1.62. The fourth-order valence-corrected chi connectivity index (χ4v) is 3.25. The van der Waals surface area contributed by atoms with Gasteiger partial charge in [-0.25, -0.2) is 9.18 Å². The summed E-state index contributed by atoms with van der Waals surface area (Å²) < 4.78 is 18.4. The first-order chi connectivity index (χ1) is 9.47. The van der Waals surface area contributed by atoms with E-state index in [-0.39, 0.29) is 27.8 Å². The number of hydrogen-bond acceptors (Lipinski definition) is 5. The van der Waals surface area contributed by atoms with Crippen molar-refractivity contribution in [1.82, 2.24) is 0 Å². The number of hydrogen-bond donors (Lipinski definition) is 0. The van der Waals surface area contributed by atoms with Gasteiger partial charge in [0.1, 0.15) is 5.92 Å². The van der Waals surface area contributed by atoms with E-state index in [0.29, 0.717) is 0 Å². The summed E-state index contributed by atoms with van der Waals surface area (Å²) in [7, 11) is 0. The van der Waals surface area contributed by atoms with Crippen molar-refractivity contribution >= 4 is 40.9 Å². The monoisotopic (exact) mass is 316 g/mol. The third-order valence-corrected chi connectivity index (χ3v) is 4.30. The molecule has 7 heteroatoms. The van der Waals surface area contributed by atoms with Crippen molar-refractivity contribution in [2.24, 2.45) is 5.92 Å². The number of thioether (sulfide) groups is 1. The van der Waals surface area contributed by atoms with Gasteiger partial charge in [-0.3, -0.25) is 9.59 Å². The van der Waals surface area contributed by atoms with Crippen molar-refractivity contribution in [1.29, 1.82) is 0 Å². The number of fused-ring (bicyclic) bond motifs is 1. The number of ether oxygens (including phenoxy) is 1. The quantitative estimate of drug-likeness (QED) is 0.487. The molecule has 0 spiro atoms. The van der Waals surface area contributed by atoms with Gasteiger partial charge in [0, 0.05) is 11.3 Å². The molecule has 0 amide bonds. The van der Waals surface area contributed by atoms with Crippen LogP contribution in [0.25, 0.3) is 0 Å². The van der Waals surface area contributed by atoms with Crippen molar-refractivity contribution in [2.45, 2.75) is 11.8 Å². The summed E-state index contributed by atoms with van der Waals surface area (Å²) in [4.78, 5) is 35.5. The average molecular weight is 317 g/mol. The van der Waals surface area contributed by atoms with Gasteiger partial charge in [0.2, 0.25) is 0 Å². The van der Waals surface area contributed by atoms with Crippen molar-refractivity contribution < 1.29 is 23.5 Å². The van der Waals surface area contributed by atoms with Crippen molar-refractivity contribution in [3.63, 3.8) is 0 Å². The Balaban J connectivity index is 2.31. The maximum absolute atomic E-state index is 13.8. The summed E-state index contributed by atoms with van der Waals surface area (Å²) in [6.07, 6.45) is 0. The Bertz CT molecular complexity index is 602. The molecule has 0 aliphatic carbocycles. The summed E-state index contributed by atoms with van der Waals surface area (Å²) in [6, 6.07) is 2.62. The van der Waals surface area contributed by atoms with E-state index in [0.717, 1.165) is 11.8 Å². The van der Waals surface area contributed by atoms with Gasteiger partial charge in [-0.15, -0.1) is 11.8 Å². The third-order valence-electron chi connectivity index (χ3n) is 2.82. The molecular weight excluding hydrogens is 307 g/mol. The zero-order valence-electron chi connectivity index (χ0n) is 10.4. The van der Waals surface area contributed by atoms with Crippen LogP contribution in [0, 0.1) is 11.7 Å². The first-order valence-corrected chi connectivity index (χ1v) is 7.19. The van der Waals surface area contributed by atoms with E-state index in [1.807, 2.05) is 0 Å². The van der Waals surface area contributed by atoms with Crippen LogP contribution < -0.4 is 0 Å². The molecule has 0 aromatic heterocycles. The van der Waals surface area contributed by atoms with Crippen molar-refractivity contribution in [3.05, 3.63) is 28.5 Å². The van der Waals surface area contributed by atoms with Crippen LogP contribution in [-0.4, -0.2) is 29.9 Å². The van der Waals surface area contributed by atoms with Gasteiger partial charge in [0.05, 0.1) is 16.5 Å². The highest BCUT2D eigenvalue weighted by atomic mass is 35.5. The fraction of sp³-hybridized carbons (Fsp3) is 0.308. The maximum Gasteiger partial charge on any atom is 0.375 e. The molecule has 1 aromatic rings. The maximum atomic E-state index is 13.8. The number of Topliss-reactive ketones (excluding diaryl/α,β-unsaturated/α-hetero) is 2. The molecule has 1 aliphatic rings. The first-order valence-electron chi connectivity index (χ1n) is 5.83. The van der Waals surface area contributed by atoms with Crippen molar-refractivity contribution in [2.75, 3.05) is 12.4 Å². The normalized spacial score (nSPS) is 17.6. The van der Waals surface area contributed by atoms with Crippen LogP contribution in [0.3, 0.4) is 0 Å². The molecule has 1 aliphatic heterocycles. The molecule has 106 valence electrons. The molecule has 0 saturated carbocycles. The lowest BCUT2D eigenvalue weighted by Gasteiger charge is -2.21. The van der Waals surface area contributed by atoms with E-state index in [1.54, 1.807) is 6.92 Å². The summed E-state index contributed by atoms with van der Waals surface area (Å²) >= 11 is 6.64. The Hall–Kier alpha value is -1.40. The molecule has 0 saturated heterocycles.